The molecule has 0 fully saturated rings. The Morgan fingerprint density at radius 1 is 0.737 bits per heavy atom. The maximum absolute atomic E-state index is 6.14. The summed E-state index contributed by atoms with van der Waals surface area (Å²) in [5, 5.41) is 0. The van der Waals surface area contributed by atoms with Gasteiger partial charge in [-0.2, -0.15) is 0 Å². The maximum atomic E-state index is 6.14. The Balaban J connectivity index is 1.89. The third-order valence-corrected chi connectivity index (χ3v) is 4.00. The van der Waals surface area contributed by atoms with Crippen molar-refractivity contribution in [2.24, 2.45) is 0 Å². The van der Waals surface area contributed by atoms with Crippen LogP contribution in [0.25, 0.3) is 0 Å². The minimum Gasteiger partial charge on any atom is -0.397 e. The molecule has 19 heavy (non-hydrogen) atoms. The molecule has 0 saturated heterocycles. The average molecular weight is 252 g/mol. The van der Waals surface area contributed by atoms with Crippen molar-refractivity contribution in [3.63, 3.8) is 0 Å². The van der Waals surface area contributed by atoms with Gasteiger partial charge in [0.15, 0.2) is 0 Å². The van der Waals surface area contributed by atoms with Crippen molar-refractivity contribution in [3.05, 3.63) is 47.5 Å². The van der Waals surface area contributed by atoms with Gasteiger partial charge in [-0.1, -0.05) is 24.3 Å². The van der Waals surface area contributed by atoms with Crippen molar-refractivity contribution in [3.8, 4) is 0 Å². The smallest absolute Gasteiger partial charge is 0.0911 e. The molecule has 96 valence electrons. The lowest BCUT2D eigenvalue weighted by Gasteiger charge is -2.45. The lowest BCUT2D eigenvalue weighted by Crippen LogP contribution is -2.46. The zero-order valence-electron chi connectivity index (χ0n) is 10.6. The van der Waals surface area contributed by atoms with Gasteiger partial charge in [-0.05, 0) is 23.3 Å². The van der Waals surface area contributed by atoms with Gasteiger partial charge in [0.05, 0.1) is 29.4 Å². The summed E-state index contributed by atoms with van der Waals surface area (Å²) in [5.74, 6) is 0. The van der Waals surface area contributed by atoms with Gasteiger partial charge in [-0.3, -0.25) is 0 Å². The summed E-state index contributed by atoms with van der Waals surface area (Å²) < 4.78 is 0. The second-order valence-electron chi connectivity index (χ2n) is 5.25. The summed E-state index contributed by atoms with van der Waals surface area (Å²) in [5.41, 5.74) is 18.9. The van der Waals surface area contributed by atoms with Gasteiger partial charge < -0.3 is 21.3 Å². The highest BCUT2D eigenvalue weighted by molar-refractivity contribution is 5.81. The number of nitrogen functional groups attached to an aromatic ring is 2. The number of nitrogens with two attached hydrogens (primary N) is 2. The van der Waals surface area contributed by atoms with Crippen LogP contribution in [0.1, 0.15) is 11.1 Å². The molecule has 2 heterocycles. The zero-order valence-corrected chi connectivity index (χ0v) is 10.6. The van der Waals surface area contributed by atoms with Gasteiger partial charge >= 0.3 is 0 Å². The molecule has 2 bridgehead atoms. The first-order valence-corrected chi connectivity index (χ1v) is 6.48. The molecule has 2 aromatic rings. The molecule has 0 unspecified atom stereocenters. The van der Waals surface area contributed by atoms with E-state index in [0.717, 1.165) is 31.1 Å². The van der Waals surface area contributed by atoms with Crippen molar-refractivity contribution in [2.45, 2.75) is 13.1 Å². The first-order chi connectivity index (χ1) is 9.24. The van der Waals surface area contributed by atoms with Crippen molar-refractivity contribution in [2.75, 3.05) is 27.9 Å². The number of nitrogens with zero attached hydrogens (tertiary/aromatic N) is 2. The second-order valence-corrected chi connectivity index (χ2v) is 5.25. The summed E-state index contributed by atoms with van der Waals surface area (Å²) >= 11 is 0. The molecule has 4 nitrogen and oxygen atoms in total. The lowest BCUT2D eigenvalue weighted by molar-refractivity contribution is 0.653. The molecule has 0 saturated carbocycles. The van der Waals surface area contributed by atoms with E-state index in [1.54, 1.807) is 0 Å². The van der Waals surface area contributed by atoms with Crippen LogP contribution in [0.5, 0.6) is 0 Å². The fourth-order valence-corrected chi connectivity index (χ4v) is 3.27. The highest BCUT2D eigenvalue weighted by Crippen LogP contribution is 2.42. The minimum atomic E-state index is 0.864. The first-order valence-electron chi connectivity index (χ1n) is 6.48. The van der Waals surface area contributed by atoms with Crippen LogP contribution in [0.3, 0.4) is 0 Å². The number of benzene rings is 2. The van der Waals surface area contributed by atoms with Gasteiger partial charge in [0.1, 0.15) is 0 Å². The molecule has 0 aromatic heterocycles. The Morgan fingerprint density at radius 3 is 1.68 bits per heavy atom. The highest BCUT2D eigenvalue weighted by Gasteiger charge is 2.31. The van der Waals surface area contributed by atoms with Gasteiger partial charge in [-0.25, -0.2) is 0 Å². The highest BCUT2D eigenvalue weighted by atomic mass is 15.4. The van der Waals surface area contributed by atoms with Crippen LogP contribution in [0.2, 0.25) is 0 Å². The van der Waals surface area contributed by atoms with E-state index in [-0.39, 0.29) is 0 Å². The van der Waals surface area contributed by atoms with Crippen molar-refractivity contribution < 1.29 is 0 Å². The van der Waals surface area contributed by atoms with Gasteiger partial charge in [0.2, 0.25) is 0 Å². The third kappa shape index (κ3) is 1.40. The van der Waals surface area contributed by atoms with E-state index in [9.17, 15) is 0 Å². The second kappa shape index (κ2) is 3.57. The van der Waals surface area contributed by atoms with Crippen LogP contribution in [-0.2, 0) is 13.1 Å². The number of rotatable bonds is 0. The zero-order chi connectivity index (χ0) is 13.0. The van der Waals surface area contributed by atoms with E-state index in [0.29, 0.717) is 0 Å². The number of fused-ring (bicyclic) bond motifs is 6. The molecule has 2 aromatic carbocycles. The molecule has 4 N–H and O–H groups in total. The van der Waals surface area contributed by atoms with Crippen molar-refractivity contribution >= 4 is 22.7 Å². The molecular formula is C15H16N4. The Kier molecular flexibility index (Phi) is 1.98. The van der Waals surface area contributed by atoms with Gasteiger partial charge in [0, 0.05) is 13.1 Å². The van der Waals surface area contributed by atoms with E-state index >= 15 is 0 Å². The monoisotopic (exact) mass is 252 g/mol. The number of anilines is 4. The third-order valence-electron chi connectivity index (χ3n) is 4.00. The Hall–Kier alpha value is -2.36. The topological polar surface area (TPSA) is 58.5 Å². The predicted octanol–water partition coefficient (Wildman–Crippen LogP) is 2.15. The molecular weight excluding hydrogens is 236 g/mol. The summed E-state index contributed by atoms with van der Waals surface area (Å²) in [7, 11) is 0. The van der Waals surface area contributed by atoms with Gasteiger partial charge in [-0.15, -0.1) is 0 Å². The molecule has 2 aliphatic heterocycles. The standard InChI is InChI=1S/C15H16N4/c16-12-5-1-3-10-7-18-9-19(14(10)12)8-11-4-2-6-13(17)15(11)18/h1-6H,7-9,16-17H2. The predicted molar refractivity (Wildman–Crippen MR) is 78.9 cm³/mol. The molecule has 2 aliphatic rings. The van der Waals surface area contributed by atoms with Crippen LogP contribution in [0.4, 0.5) is 22.7 Å². The molecule has 0 aliphatic carbocycles. The Bertz CT molecular complexity index is 608. The summed E-state index contributed by atoms with van der Waals surface area (Å²) in [6, 6.07) is 12.3. The normalized spacial score (nSPS) is 16.0. The molecule has 0 atom stereocenters. The van der Waals surface area contributed by atoms with Crippen molar-refractivity contribution in [1.29, 1.82) is 0 Å². The lowest BCUT2D eigenvalue weighted by atomic mass is 10.00. The summed E-state index contributed by atoms with van der Waals surface area (Å²) in [4.78, 5) is 4.66. The number of hydrogen-bond donors (Lipinski definition) is 2. The maximum Gasteiger partial charge on any atom is 0.0911 e. The van der Waals surface area contributed by atoms with Crippen LogP contribution in [0, 0.1) is 0 Å². The quantitative estimate of drug-likeness (QED) is 0.705. The molecule has 4 rings (SSSR count). The van der Waals surface area contributed by atoms with E-state index in [1.165, 1.54) is 22.5 Å². The SMILES string of the molecule is Nc1cccc2c1N1Cc3cccc(N)c3N(C2)C1. The van der Waals surface area contributed by atoms with Gasteiger partial charge in [0.25, 0.3) is 0 Å². The molecule has 4 heteroatoms. The van der Waals surface area contributed by atoms with Crippen LogP contribution in [-0.4, -0.2) is 6.67 Å². The summed E-state index contributed by atoms with van der Waals surface area (Å²) in [6.07, 6.45) is 0. The fraction of sp³-hybridized carbons (Fsp3) is 0.200. The van der Waals surface area contributed by atoms with E-state index in [4.69, 9.17) is 11.5 Å². The minimum absolute atomic E-state index is 0.864. The molecule has 0 amide bonds. The van der Waals surface area contributed by atoms with E-state index in [2.05, 4.69) is 21.9 Å². The summed E-state index contributed by atoms with van der Waals surface area (Å²) in [6.45, 7) is 2.61. The number of hydrogen-bond acceptors (Lipinski definition) is 4. The molecule has 0 spiro atoms. The molecule has 0 radical (unpaired) electrons. The Labute approximate surface area is 112 Å². The average Bonchev–Trinajstić information content (AvgIpc) is 2.38. The van der Waals surface area contributed by atoms with E-state index < -0.39 is 0 Å². The van der Waals surface area contributed by atoms with Crippen LogP contribution >= 0.6 is 0 Å². The fourth-order valence-electron chi connectivity index (χ4n) is 3.27. The Morgan fingerprint density at radius 2 is 1.21 bits per heavy atom. The largest absolute Gasteiger partial charge is 0.397 e. The van der Waals surface area contributed by atoms with E-state index in [1.807, 2.05) is 24.3 Å². The number of para-hydroxylation sites is 2. The van der Waals surface area contributed by atoms with Crippen LogP contribution < -0.4 is 21.3 Å². The van der Waals surface area contributed by atoms with Crippen LogP contribution in [0.15, 0.2) is 36.4 Å². The first kappa shape index (κ1) is 10.6. The van der Waals surface area contributed by atoms with Crippen molar-refractivity contribution in [1.82, 2.24) is 0 Å².